The van der Waals surface area contributed by atoms with Crippen LogP contribution in [0.2, 0.25) is 0 Å². The average Bonchev–Trinajstić information content (AvgIpc) is 3.11. The van der Waals surface area contributed by atoms with Crippen LogP contribution < -0.4 is 10.9 Å². The van der Waals surface area contributed by atoms with Crippen LogP contribution in [0, 0.1) is 0 Å². The van der Waals surface area contributed by atoms with Crippen LogP contribution in [0.1, 0.15) is 36.0 Å². The number of aromatic nitrogens is 4. The predicted octanol–water partition coefficient (Wildman–Crippen LogP) is 1.23. The molecule has 0 bridgehead atoms. The Morgan fingerprint density at radius 1 is 1.46 bits per heavy atom. The van der Waals surface area contributed by atoms with E-state index < -0.39 is 0 Å². The first-order chi connectivity index (χ1) is 12.6. The summed E-state index contributed by atoms with van der Waals surface area (Å²) >= 11 is 1.54. The number of methoxy groups -OCH3 is 1. The summed E-state index contributed by atoms with van der Waals surface area (Å²) in [6.45, 7) is 0.276. The zero-order valence-corrected chi connectivity index (χ0v) is 15.1. The lowest BCUT2D eigenvalue weighted by Gasteiger charge is -2.35. The summed E-state index contributed by atoms with van der Waals surface area (Å²) in [6.07, 6.45) is 5.65. The number of carbonyl (C=O) groups is 1. The Kier molecular flexibility index (Phi) is 4.56. The number of amides is 1. The maximum atomic E-state index is 12.2. The number of rotatable bonds is 6. The van der Waals surface area contributed by atoms with Gasteiger partial charge in [0.2, 0.25) is 5.91 Å². The van der Waals surface area contributed by atoms with Crippen molar-refractivity contribution in [2.45, 2.75) is 37.8 Å². The fraction of sp³-hybridized carbons (Fsp3) is 0.412. The van der Waals surface area contributed by atoms with E-state index in [9.17, 15) is 9.59 Å². The Morgan fingerprint density at radius 2 is 2.31 bits per heavy atom. The van der Waals surface area contributed by atoms with Gasteiger partial charge in [0.05, 0.1) is 17.8 Å². The number of H-pyrrole nitrogens is 1. The van der Waals surface area contributed by atoms with Gasteiger partial charge in [0.15, 0.2) is 4.96 Å². The van der Waals surface area contributed by atoms with Gasteiger partial charge in [-0.3, -0.25) is 14.0 Å². The van der Waals surface area contributed by atoms with Crippen molar-refractivity contribution in [2.24, 2.45) is 0 Å². The molecule has 1 aliphatic carbocycles. The molecule has 1 amide bonds. The third kappa shape index (κ3) is 3.54. The highest BCUT2D eigenvalue weighted by Gasteiger charge is 2.32. The summed E-state index contributed by atoms with van der Waals surface area (Å²) in [6, 6.07) is 1.64. The highest BCUT2D eigenvalue weighted by Crippen LogP contribution is 2.35. The van der Waals surface area contributed by atoms with Crippen molar-refractivity contribution in [3.63, 3.8) is 0 Å². The van der Waals surface area contributed by atoms with Crippen LogP contribution in [0.3, 0.4) is 0 Å². The van der Waals surface area contributed by atoms with Crippen molar-refractivity contribution in [3.8, 4) is 0 Å². The lowest BCUT2D eigenvalue weighted by Crippen LogP contribution is -2.44. The maximum absolute atomic E-state index is 12.2. The molecule has 2 N–H and O–H groups in total. The summed E-state index contributed by atoms with van der Waals surface area (Å²) < 4.78 is 6.94. The molecule has 136 valence electrons. The van der Waals surface area contributed by atoms with Crippen LogP contribution in [0.4, 0.5) is 0 Å². The van der Waals surface area contributed by atoms with Crippen molar-refractivity contribution < 1.29 is 9.53 Å². The fourth-order valence-corrected chi connectivity index (χ4v) is 3.94. The monoisotopic (exact) mass is 373 g/mol. The number of nitrogens with zero attached hydrogens (tertiary/aromatic N) is 3. The first-order valence-corrected chi connectivity index (χ1v) is 9.28. The third-order valence-electron chi connectivity index (χ3n) is 4.50. The molecular weight excluding hydrogens is 354 g/mol. The first kappa shape index (κ1) is 16.9. The van der Waals surface area contributed by atoms with Gasteiger partial charge in [-0.2, -0.15) is 0 Å². The van der Waals surface area contributed by atoms with E-state index in [2.05, 4.69) is 20.3 Å². The number of imidazole rings is 1. The number of fused-ring (bicyclic) bond motifs is 1. The van der Waals surface area contributed by atoms with E-state index in [0.29, 0.717) is 5.82 Å². The van der Waals surface area contributed by atoms with E-state index in [1.165, 1.54) is 6.07 Å². The molecule has 9 heteroatoms. The van der Waals surface area contributed by atoms with E-state index in [1.54, 1.807) is 18.4 Å². The average molecular weight is 373 g/mol. The molecule has 1 fully saturated rings. The molecular formula is C17H19N5O3S. The number of hydrogen-bond acceptors (Lipinski definition) is 6. The molecule has 0 unspecified atom stereocenters. The van der Waals surface area contributed by atoms with Crippen molar-refractivity contribution in [1.82, 2.24) is 24.7 Å². The molecule has 0 saturated heterocycles. The number of carbonyl (C=O) groups excluding carboxylic acids is 1. The number of ether oxygens (including phenoxy) is 1. The zero-order chi connectivity index (χ0) is 18.1. The van der Waals surface area contributed by atoms with Gasteiger partial charge in [-0.25, -0.2) is 9.97 Å². The van der Waals surface area contributed by atoms with Gasteiger partial charge < -0.3 is 15.0 Å². The Hall–Kier alpha value is -2.52. The summed E-state index contributed by atoms with van der Waals surface area (Å²) in [4.78, 5) is 36.3. The fourth-order valence-electron chi connectivity index (χ4n) is 3.22. The minimum atomic E-state index is -0.172. The number of hydrogen-bond donors (Lipinski definition) is 2. The first-order valence-electron chi connectivity index (χ1n) is 8.40. The van der Waals surface area contributed by atoms with Crippen molar-refractivity contribution in [1.29, 1.82) is 0 Å². The van der Waals surface area contributed by atoms with Gasteiger partial charge in [0.1, 0.15) is 12.4 Å². The van der Waals surface area contributed by atoms with Gasteiger partial charge in [-0.05, 0) is 12.8 Å². The highest BCUT2D eigenvalue weighted by molar-refractivity contribution is 7.15. The molecule has 0 spiro atoms. The van der Waals surface area contributed by atoms with Crippen molar-refractivity contribution >= 4 is 22.2 Å². The lowest BCUT2D eigenvalue weighted by molar-refractivity contribution is -0.121. The molecule has 3 heterocycles. The molecule has 0 aromatic carbocycles. The van der Waals surface area contributed by atoms with E-state index >= 15 is 0 Å². The normalized spacial score (nSPS) is 19.4. The predicted molar refractivity (Wildman–Crippen MR) is 96.2 cm³/mol. The highest BCUT2D eigenvalue weighted by atomic mass is 32.1. The van der Waals surface area contributed by atoms with Crippen LogP contribution in [-0.4, -0.2) is 38.4 Å². The summed E-state index contributed by atoms with van der Waals surface area (Å²) in [7, 11) is 1.56. The quantitative estimate of drug-likeness (QED) is 0.677. The Morgan fingerprint density at radius 3 is 3.08 bits per heavy atom. The van der Waals surface area contributed by atoms with Crippen molar-refractivity contribution in [3.05, 3.63) is 51.4 Å². The van der Waals surface area contributed by atoms with E-state index in [0.717, 1.165) is 29.2 Å². The van der Waals surface area contributed by atoms with Crippen LogP contribution in [0.25, 0.3) is 4.96 Å². The van der Waals surface area contributed by atoms with Crippen LogP contribution >= 0.6 is 11.3 Å². The Balaban J connectivity index is 1.31. The summed E-state index contributed by atoms with van der Waals surface area (Å²) in [5.41, 5.74) is 1.36. The number of thiazole rings is 1. The lowest BCUT2D eigenvalue weighted by atomic mass is 9.78. The molecule has 1 aliphatic rings. The van der Waals surface area contributed by atoms with Gasteiger partial charge in [-0.15, -0.1) is 11.3 Å². The minimum absolute atomic E-state index is 0.0295. The topological polar surface area (TPSA) is 101 Å². The molecule has 4 rings (SSSR count). The maximum Gasteiger partial charge on any atom is 0.251 e. The summed E-state index contributed by atoms with van der Waals surface area (Å²) in [5.74, 6) is 0.691. The molecule has 3 aromatic heterocycles. The van der Waals surface area contributed by atoms with E-state index in [-0.39, 0.29) is 36.5 Å². The van der Waals surface area contributed by atoms with Crippen molar-refractivity contribution in [2.75, 3.05) is 7.11 Å². The van der Waals surface area contributed by atoms with Crippen LogP contribution in [0.15, 0.2) is 28.6 Å². The second-order valence-electron chi connectivity index (χ2n) is 6.48. The van der Waals surface area contributed by atoms with Crippen LogP contribution in [0.5, 0.6) is 0 Å². The van der Waals surface area contributed by atoms with E-state index in [4.69, 9.17) is 4.74 Å². The molecule has 1 saturated carbocycles. The van der Waals surface area contributed by atoms with Gasteiger partial charge in [-0.1, -0.05) is 0 Å². The molecule has 3 aromatic rings. The van der Waals surface area contributed by atoms with E-state index in [1.807, 2.05) is 22.2 Å². The Bertz CT molecular complexity index is 957. The smallest absolute Gasteiger partial charge is 0.251 e. The van der Waals surface area contributed by atoms with Crippen LogP contribution in [-0.2, 0) is 22.6 Å². The largest absolute Gasteiger partial charge is 0.377 e. The molecule has 0 aliphatic heterocycles. The SMILES string of the molecule is COCc1nc(C2CC(NC(=O)Cc3cn4ccsc4n3)C2)cc(=O)[nH]1. The molecule has 8 nitrogen and oxygen atoms in total. The molecule has 26 heavy (non-hydrogen) atoms. The van der Waals surface area contributed by atoms with Gasteiger partial charge in [0.25, 0.3) is 5.56 Å². The number of nitrogens with one attached hydrogen (secondary N) is 2. The molecule has 0 atom stereocenters. The number of aromatic amines is 1. The standard InChI is InChI=1S/C17H19N5O3S/c1-25-9-14-20-13(7-16(24)21-14)10-4-11(5-10)18-15(23)6-12-8-22-2-3-26-17(22)19-12/h2-3,7-8,10-11H,4-6,9H2,1H3,(H,18,23)(H,20,21,24). The molecule has 0 radical (unpaired) electrons. The Labute approximate surface area is 153 Å². The summed E-state index contributed by atoms with van der Waals surface area (Å²) in [5, 5.41) is 4.99. The minimum Gasteiger partial charge on any atom is -0.377 e. The van der Waals surface area contributed by atoms with Gasteiger partial charge >= 0.3 is 0 Å². The third-order valence-corrected chi connectivity index (χ3v) is 5.27. The second kappa shape index (κ2) is 7.00. The zero-order valence-electron chi connectivity index (χ0n) is 14.3. The van der Waals surface area contributed by atoms with Gasteiger partial charge in [0, 0.05) is 42.9 Å². The second-order valence-corrected chi connectivity index (χ2v) is 7.36.